The van der Waals surface area contributed by atoms with Crippen LogP contribution in [-0.2, 0) is 6.54 Å². The lowest BCUT2D eigenvalue weighted by Crippen LogP contribution is -2.01. The maximum atomic E-state index is 8.68. The van der Waals surface area contributed by atoms with Crippen LogP contribution < -0.4 is 0 Å². The highest BCUT2D eigenvalue weighted by Crippen LogP contribution is 2.13. The number of nitrogens with zero attached hydrogens (tertiary/aromatic N) is 3. The van der Waals surface area contributed by atoms with Crippen LogP contribution in [0.2, 0.25) is 0 Å². The van der Waals surface area contributed by atoms with Crippen LogP contribution in [-0.4, -0.2) is 31.5 Å². The van der Waals surface area contributed by atoms with E-state index >= 15 is 0 Å². The fourth-order valence-electron chi connectivity index (χ4n) is 1.14. The van der Waals surface area contributed by atoms with E-state index in [1.54, 1.807) is 23.4 Å². The van der Waals surface area contributed by atoms with Crippen LogP contribution in [0.5, 0.6) is 0 Å². The molecule has 2 N–H and O–H groups in total. The van der Waals surface area contributed by atoms with Crippen LogP contribution in [0.3, 0.4) is 0 Å². The molecule has 0 aliphatic heterocycles. The summed E-state index contributed by atoms with van der Waals surface area (Å²) in [6.07, 6.45) is 6.96. The van der Waals surface area contributed by atoms with E-state index in [4.69, 9.17) is 5.11 Å². The van der Waals surface area contributed by atoms with Gasteiger partial charge in [-0.1, -0.05) is 0 Å². The largest absolute Gasteiger partial charge is 0.394 e. The molecule has 68 valence electrons. The van der Waals surface area contributed by atoms with Crippen LogP contribution in [0.4, 0.5) is 0 Å². The van der Waals surface area contributed by atoms with Crippen molar-refractivity contribution in [3.05, 3.63) is 24.9 Å². The fourth-order valence-corrected chi connectivity index (χ4v) is 1.14. The highest BCUT2D eigenvalue weighted by atomic mass is 16.3. The molecule has 0 unspecified atom stereocenters. The van der Waals surface area contributed by atoms with Crippen LogP contribution in [0, 0.1) is 0 Å². The van der Waals surface area contributed by atoms with Crippen molar-refractivity contribution in [2.24, 2.45) is 0 Å². The number of aromatic amines is 1. The van der Waals surface area contributed by atoms with Gasteiger partial charge < -0.3 is 10.1 Å². The molecule has 0 atom stereocenters. The highest BCUT2D eigenvalue weighted by Gasteiger charge is 2.01. The number of rotatable bonds is 3. The van der Waals surface area contributed by atoms with E-state index in [0.717, 1.165) is 11.3 Å². The second-order valence-electron chi connectivity index (χ2n) is 2.68. The molecule has 0 amide bonds. The molecule has 5 heteroatoms. The molecule has 13 heavy (non-hydrogen) atoms. The molecule has 0 saturated carbocycles. The van der Waals surface area contributed by atoms with Crippen molar-refractivity contribution in [2.45, 2.75) is 6.54 Å². The summed E-state index contributed by atoms with van der Waals surface area (Å²) in [6.45, 7) is 0.623. The van der Waals surface area contributed by atoms with E-state index in [-0.39, 0.29) is 6.61 Å². The van der Waals surface area contributed by atoms with Gasteiger partial charge in [0.2, 0.25) is 0 Å². The molecular weight excluding hydrogens is 168 g/mol. The van der Waals surface area contributed by atoms with E-state index in [1.807, 2.05) is 6.20 Å². The molecule has 0 bridgehead atoms. The number of hydrogen-bond donors (Lipinski definition) is 2. The molecular formula is C8H10N4O. The molecule has 0 aromatic carbocycles. The monoisotopic (exact) mass is 178 g/mol. The minimum atomic E-state index is 0.101. The number of aromatic nitrogens is 4. The van der Waals surface area contributed by atoms with Gasteiger partial charge in [-0.25, -0.2) is 4.98 Å². The lowest BCUT2D eigenvalue weighted by molar-refractivity contribution is 0.269. The Bertz CT molecular complexity index is 365. The van der Waals surface area contributed by atoms with Crippen molar-refractivity contribution in [2.75, 3.05) is 6.61 Å². The Morgan fingerprint density at radius 3 is 3.08 bits per heavy atom. The first-order valence-electron chi connectivity index (χ1n) is 4.02. The van der Waals surface area contributed by atoms with Crippen LogP contribution >= 0.6 is 0 Å². The molecule has 2 aromatic heterocycles. The fraction of sp³-hybridized carbons (Fsp3) is 0.250. The number of aliphatic hydroxyl groups is 1. The van der Waals surface area contributed by atoms with E-state index in [9.17, 15) is 0 Å². The second-order valence-corrected chi connectivity index (χ2v) is 2.68. The summed E-state index contributed by atoms with van der Waals surface area (Å²) >= 11 is 0. The zero-order valence-corrected chi connectivity index (χ0v) is 7.01. The Hall–Kier alpha value is -1.62. The minimum absolute atomic E-state index is 0.101. The van der Waals surface area contributed by atoms with E-state index in [1.165, 1.54) is 0 Å². The van der Waals surface area contributed by atoms with Gasteiger partial charge in [0.25, 0.3) is 0 Å². The van der Waals surface area contributed by atoms with Crippen LogP contribution in [0.1, 0.15) is 0 Å². The van der Waals surface area contributed by atoms with Gasteiger partial charge in [-0.2, -0.15) is 5.10 Å². The zero-order chi connectivity index (χ0) is 9.10. The molecule has 2 aromatic rings. The standard InChI is InChI=1S/C8H10N4O/c13-2-1-12-5-7(3-11-12)8-4-9-6-10-8/h3-6,13H,1-2H2,(H,9,10). The van der Waals surface area contributed by atoms with Gasteiger partial charge in [0, 0.05) is 11.8 Å². The number of hydrogen-bond acceptors (Lipinski definition) is 3. The molecule has 2 heterocycles. The predicted molar refractivity (Wildman–Crippen MR) is 46.9 cm³/mol. The quantitative estimate of drug-likeness (QED) is 0.708. The average Bonchev–Trinajstić information content (AvgIpc) is 2.70. The summed E-state index contributed by atoms with van der Waals surface area (Å²) in [6, 6.07) is 0. The number of nitrogens with one attached hydrogen (secondary N) is 1. The Labute approximate surface area is 75.0 Å². The maximum absolute atomic E-state index is 8.68. The average molecular weight is 178 g/mol. The SMILES string of the molecule is OCCn1cc(-c2cnc[nH]2)cn1. The van der Waals surface area contributed by atoms with E-state index in [0.29, 0.717) is 6.54 Å². The molecule has 5 nitrogen and oxygen atoms in total. The van der Waals surface area contributed by atoms with Crippen molar-refractivity contribution >= 4 is 0 Å². The first-order chi connectivity index (χ1) is 6.40. The van der Waals surface area contributed by atoms with Gasteiger partial charge in [0.15, 0.2) is 0 Å². The van der Waals surface area contributed by atoms with Gasteiger partial charge in [0.05, 0.1) is 37.6 Å². The second kappa shape index (κ2) is 3.40. The summed E-state index contributed by atoms with van der Waals surface area (Å²) < 4.78 is 1.69. The lowest BCUT2D eigenvalue weighted by atomic mass is 10.3. The Morgan fingerprint density at radius 2 is 2.38 bits per heavy atom. The van der Waals surface area contributed by atoms with Crippen LogP contribution in [0.15, 0.2) is 24.9 Å². The third-order valence-corrected chi connectivity index (χ3v) is 1.77. The summed E-state index contributed by atoms with van der Waals surface area (Å²) in [4.78, 5) is 6.89. The van der Waals surface area contributed by atoms with Gasteiger partial charge in [-0.3, -0.25) is 4.68 Å². The first kappa shape index (κ1) is 8.00. The third-order valence-electron chi connectivity index (χ3n) is 1.77. The van der Waals surface area contributed by atoms with Gasteiger partial charge >= 0.3 is 0 Å². The lowest BCUT2D eigenvalue weighted by Gasteiger charge is -1.93. The van der Waals surface area contributed by atoms with E-state index < -0.39 is 0 Å². The van der Waals surface area contributed by atoms with E-state index in [2.05, 4.69) is 15.1 Å². The molecule has 0 radical (unpaired) electrons. The van der Waals surface area contributed by atoms with Crippen molar-refractivity contribution < 1.29 is 5.11 Å². The minimum Gasteiger partial charge on any atom is -0.394 e. The van der Waals surface area contributed by atoms with Gasteiger partial charge in [-0.15, -0.1) is 0 Å². The van der Waals surface area contributed by atoms with Crippen LogP contribution in [0.25, 0.3) is 11.3 Å². The molecule has 0 saturated heterocycles. The van der Waals surface area contributed by atoms with Gasteiger partial charge in [0.1, 0.15) is 0 Å². The molecule has 0 spiro atoms. The number of imidazole rings is 1. The molecule has 2 rings (SSSR count). The number of H-pyrrole nitrogens is 1. The third kappa shape index (κ3) is 1.59. The van der Waals surface area contributed by atoms with Crippen molar-refractivity contribution in [3.8, 4) is 11.3 Å². The smallest absolute Gasteiger partial charge is 0.0924 e. The predicted octanol–water partition coefficient (Wildman–Crippen LogP) is 0.265. The van der Waals surface area contributed by atoms with Gasteiger partial charge in [-0.05, 0) is 0 Å². The normalized spacial score (nSPS) is 10.5. The summed E-state index contributed by atoms with van der Waals surface area (Å²) in [5, 5.41) is 12.7. The Kier molecular flexibility index (Phi) is 2.09. The topological polar surface area (TPSA) is 66.7 Å². The highest BCUT2D eigenvalue weighted by molar-refractivity contribution is 5.55. The van der Waals surface area contributed by atoms with Crippen molar-refractivity contribution in [3.63, 3.8) is 0 Å². The van der Waals surface area contributed by atoms with Crippen molar-refractivity contribution in [1.29, 1.82) is 0 Å². The molecule has 0 aliphatic carbocycles. The number of aliphatic hydroxyl groups excluding tert-OH is 1. The Balaban J connectivity index is 2.23. The zero-order valence-electron chi connectivity index (χ0n) is 7.01. The molecule has 0 fully saturated rings. The van der Waals surface area contributed by atoms with Crippen molar-refractivity contribution in [1.82, 2.24) is 19.7 Å². The molecule has 0 aliphatic rings. The summed E-state index contributed by atoms with van der Waals surface area (Å²) in [7, 11) is 0. The summed E-state index contributed by atoms with van der Waals surface area (Å²) in [5.41, 5.74) is 1.91. The first-order valence-corrected chi connectivity index (χ1v) is 4.02. The Morgan fingerprint density at radius 1 is 1.46 bits per heavy atom. The summed E-state index contributed by atoms with van der Waals surface area (Å²) in [5.74, 6) is 0. The maximum Gasteiger partial charge on any atom is 0.0924 e.